The standard InChI is InChI=1S/C17H22N2O5/c1-9-7-19(3)15(17(22)24-5)13(16(21)23-4)10(2)12-6-11(8-20)18-14(9)12/h6,8-10,18H,7H2,1-5H3/b15-13+/t9-,10-/m1/s1. The first-order valence-corrected chi connectivity index (χ1v) is 7.65. The molecule has 0 radical (unpaired) electrons. The minimum atomic E-state index is -0.593. The minimum Gasteiger partial charge on any atom is -0.466 e. The number of fused-ring (bicyclic) bond motifs is 1. The zero-order valence-corrected chi connectivity index (χ0v) is 14.5. The van der Waals surface area contributed by atoms with E-state index < -0.39 is 17.9 Å². The molecule has 0 bridgehead atoms. The molecular weight excluding hydrogens is 312 g/mol. The Balaban J connectivity index is 2.75. The number of carbonyl (C=O) groups excluding carboxylic acids is 3. The van der Waals surface area contributed by atoms with E-state index in [4.69, 9.17) is 9.47 Å². The number of rotatable bonds is 3. The molecule has 1 aliphatic heterocycles. The van der Waals surface area contributed by atoms with Crippen LogP contribution in [0.15, 0.2) is 17.3 Å². The van der Waals surface area contributed by atoms with Crippen LogP contribution in [0.4, 0.5) is 0 Å². The number of methoxy groups -OCH3 is 2. The maximum absolute atomic E-state index is 12.4. The van der Waals surface area contributed by atoms with E-state index in [1.165, 1.54) is 14.2 Å². The van der Waals surface area contributed by atoms with Crippen molar-refractivity contribution in [1.82, 2.24) is 9.88 Å². The fourth-order valence-electron chi connectivity index (χ4n) is 3.24. The van der Waals surface area contributed by atoms with Gasteiger partial charge < -0.3 is 19.4 Å². The van der Waals surface area contributed by atoms with Crippen molar-refractivity contribution in [1.29, 1.82) is 0 Å². The number of likely N-dealkylation sites (N-methyl/N-ethyl adjacent to an activating group) is 1. The second kappa shape index (κ2) is 6.90. The van der Waals surface area contributed by atoms with Gasteiger partial charge >= 0.3 is 11.9 Å². The number of nitrogens with one attached hydrogen (secondary N) is 1. The van der Waals surface area contributed by atoms with E-state index in [1.54, 1.807) is 18.0 Å². The molecule has 0 aromatic carbocycles. The highest BCUT2D eigenvalue weighted by atomic mass is 16.5. The summed E-state index contributed by atoms with van der Waals surface area (Å²) in [6, 6.07) is 1.71. The van der Waals surface area contributed by atoms with Gasteiger partial charge in [-0.1, -0.05) is 13.8 Å². The zero-order valence-electron chi connectivity index (χ0n) is 14.5. The Morgan fingerprint density at radius 1 is 1.25 bits per heavy atom. The second-order valence-electron chi connectivity index (χ2n) is 5.96. The third-order valence-corrected chi connectivity index (χ3v) is 4.39. The summed E-state index contributed by atoms with van der Waals surface area (Å²) in [6.07, 6.45) is 0.733. The molecule has 1 aromatic heterocycles. The van der Waals surface area contributed by atoms with Crippen molar-refractivity contribution in [3.63, 3.8) is 0 Å². The Morgan fingerprint density at radius 2 is 1.88 bits per heavy atom. The van der Waals surface area contributed by atoms with Gasteiger partial charge in [0.05, 0.1) is 25.5 Å². The molecule has 1 aliphatic rings. The summed E-state index contributed by atoms with van der Waals surface area (Å²) in [6.45, 7) is 4.27. The average Bonchev–Trinajstić information content (AvgIpc) is 3.01. The monoisotopic (exact) mass is 334 g/mol. The van der Waals surface area contributed by atoms with Crippen LogP contribution in [0.1, 0.15) is 47.4 Å². The zero-order chi connectivity index (χ0) is 18.0. The molecule has 0 amide bonds. The molecule has 0 spiro atoms. The molecule has 1 N–H and O–H groups in total. The lowest BCUT2D eigenvalue weighted by molar-refractivity contribution is -0.141. The van der Waals surface area contributed by atoms with Crippen LogP contribution in [0, 0.1) is 0 Å². The number of ether oxygens (including phenoxy) is 2. The Bertz CT molecular complexity index is 704. The van der Waals surface area contributed by atoms with Gasteiger partial charge in [-0.15, -0.1) is 0 Å². The first-order chi connectivity index (χ1) is 11.3. The lowest BCUT2D eigenvalue weighted by Crippen LogP contribution is -2.34. The Kier molecular flexibility index (Phi) is 5.11. The number of carbonyl (C=O) groups is 3. The quantitative estimate of drug-likeness (QED) is 0.667. The molecule has 24 heavy (non-hydrogen) atoms. The molecule has 0 aliphatic carbocycles. The van der Waals surface area contributed by atoms with E-state index in [-0.39, 0.29) is 17.2 Å². The van der Waals surface area contributed by atoms with Crippen LogP contribution in [0.2, 0.25) is 0 Å². The molecule has 0 saturated heterocycles. The molecule has 1 aromatic rings. The lowest BCUT2D eigenvalue weighted by Gasteiger charge is -2.31. The number of nitrogens with zero attached hydrogens (tertiary/aromatic N) is 1. The Hall–Kier alpha value is -2.57. The molecule has 2 heterocycles. The maximum atomic E-state index is 12.4. The van der Waals surface area contributed by atoms with E-state index in [0.29, 0.717) is 12.2 Å². The summed E-state index contributed by atoms with van der Waals surface area (Å²) < 4.78 is 9.76. The van der Waals surface area contributed by atoms with Crippen molar-refractivity contribution in [2.45, 2.75) is 25.7 Å². The van der Waals surface area contributed by atoms with Crippen LogP contribution in [-0.2, 0) is 19.1 Å². The first kappa shape index (κ1) is 17.8. The van der Waals surface area contributed by atoms with Crippen LogP contribution >= 0.6 is 0 Å². The van der Waals surface area contributed by atoms with Gasteiger partial charge in [0.15, 0.2) is 6.29 Å². The van der Waals surface area contributed by atoms with E-state index in [9.17, 15) is 14.4 Å². The molecular formula is C17H22N2O5. The normalized spacial score (nSPS) is 23.8. The largest absolute Gasteiger partial charge is 0.466 e. The topological polar surface area (TPSA) is 88.7 Å². The number of aromatic amines is 1. The van der Waals surface area contributed by atoms with Crippen LogP contribution in [0.5, 0.6) is 0 Å². The SMILES string of the molecule is COC(=O)/C1=C(\C(=O)OC)N(C)C[C@@H](C)c2[nH]c(C=O)cc2[C@H]1C. The average molecular weight is 334 g/mol. The first-order valence-electron chi connectivity index (χ1n) is 7.65. The number of hydrogen-bond donors (Lipinski definition) is 1. The molecule has 7 heteroatoms. The lowest BCUT2D eigenvalue weighted by atomic mass is 9.86. The van der Waals surface area contributed by atoms with Crippen LogP contribution in [-0.4, -0.2) is 55.9 Å². The van der Waals surface area contributed by atoms with Gasteiger partial charge in [0.2, 0.25) is 0 Å². The molecule has 0 unspecified atom stereocenters. The van der Waals surface area contributed by atoms with Gasteiger partial charge in [-0.3, -0.25) is 4.79 Å². The van der Waals surface area contributed by atoms with Gasteiger partial charge in [0.25, 0.3) is 0 Å². The van der Waals surface area contributed by atoms with E-state index in [1.807, 2.05) is 13.8 Å². The van der Waals surface area contributed by atoms with E-state index in [0.717, 1.165) is 17.5 Å². The van der Waals surface area contributed by atoms with Crippen LogP contribution in [0.3, 0.4) is 0 Å². The minimum absolute atomic E-state index is 0.0278. The van der Waals surface area contributed by atoms with Crippen molar-refractivity contribution >= 4 is 18.2 Å². The van der Waals surface area contributed by atoms with Crippen molar-refractivity contribution < 1.29 is 23.9 Å². The number of H-pyrrole nitrogens is 1. The summed E-state index contributed by atoms with van der Waals surface area (Å²) in [5.74, 6) is -1.59. The highest BCUT2D eigenvalue weighted by Crippen LogP contribution is 2.37. The molecule has 0 fully saturated rings. The maximum Gasteiger partial charge on any atom is 0.354 e. The van der Waals surface area contributed by atoms with Crippen LogP contribution < -0.4 is 0 Å². The Morgan fingerprint density at radius 3 is 2.42 bits per heavy atom. The predicted octanol–water partition coefficient (Wildman–Crippen LogP) is 1.58. The summed E-state index contributed by atoms with van der Waals surface area (Å²) in [7, 11) is 4.28. The molecule has 7 nitrogen and oxygen atoms in total. The second-order valence-corrected chi connectivity index (χ2v) is 5.96. The summed E-state index contributed by atoms with van der Waals surface area (Å²) in [4.78, 5) is 40.6. The fourth-order valence-corrected chi connectivity index (χ4v) is 3.24. The number of aldehydes is 1. The number of aromatic nitrogens is 1. The van der Waals surface area contributed by atoms with Crippen molar-refractivity contribution in [2.24, 2.45) is 0 Å². The molecule has 130 valence electrons. The van der Waals surface area contributed by atoms with Crippen molar-refractivity contribution in [3.8, 4) is 0 Å². The smallest absolute Gasteiger partial charge is 0.354 e. The molecule has 2 rings (SSSR count). The highest BCUT2D eigenvalue weighted by Gasteiger charge is 2.35. The predicted molar refractivity (Wildman–Crippen MR) is 86.7 cm³/mol. The van der Waals surface area contributed by atoms with Gasteiger partial charge in [-0.25, -0.2) is 9.59 Å². The molecule has 0 saturated carbocycles. The van der Waals surface area contributed by atoms with Crippen LogP contribution in [0.25, 0.3) is 0 Å². The molecule has 2 atom stereocenters. The van der Waals surface area contributed by atoms with Gasteiger partial charge in [0.1, 0.15) is 5.70 Å². The highest BCUT2D eigenvalue weighted by molar-refractivity contribution is 6.01. The van der Waals surface area contributed by atoms with Gasteiger partial charge in [-0.2, -0.15) is 0 Å². The van der Waals surface area contributed by atoms with Crippen molar-refractivity contribution in [2.75, 3.05) is 27.8 Å². The van der Waals surface area contributed by atoms with Crippen molar-refractivity contribution in [3.05, 3.63) is 34.3 Å². The van der Waals surface area contributed by atoms with Gasteiger partial charge in [-0.05, 0) is 11.6 Å². The van der Waals surface area contributed by atoms with Gasteiger partial charge in [0, 0.05) is 31.1 Å². The van der Waals surface area contributed by atoms with E-state index in [2.05, 4.69) is 4.98 Å². The number of hydrogen-bond acceptors (Lipinski definition) is 6. The third kappa shape index (κ3) is 2.93. The van der Waals surface area contributed by atoms with E-state index >= 15 is 0 Å². The summed E-state index contributed by atoms with van der Waals surface area (Å²) >= 11 is 0. The fraction of sp³-hybridized carbons (Fsp3) is 0.471. The number of esters is 2. The summed E-state index contributed by atoms with van der Waals surface area (Å²) in [5, 5.41) is 0. The summed E-state index contributed by atoms with van der Waals surface area (Å²) in [5.41, 5.74) is 2.52. The Labute approximate surface area is 140 Å². The third-order valence-electron chi connectivity index (χ3n) is 4.39.